The van der Waals surface area contributed by atoms with Crippen molar-refractivity contribution in [3.05, 3.63) is 0 Å². The Kier molecular flexibility index (Phi) is 2.94. The first-order valence-corrected chi connectivity index (χ1v) is 4.29. The highest BCUT2D eigenvalue weighted by atomic mass is 16.6. The van der Waals surface area contributed by atoms with Gasteiger partial charge in [-0.15, -0.1) is 0 Å². The Morgan fingerprint density at radius 3 is 2.38 bits per heavy atom. The predicted octanol–water partition coefficient (Wildman–Crippen LogP) is -1.59. The van der Waals surface area contributed by atoms with E-state index in [0.717, 1.165) is 0 Å². The fourth-order valence-electron chi connectivity index (χ4n) is 1.52. The Morgan fingerprint density at radius 2 is 1.92 bits per heavy atom. The maximum absolute atomic E-state index is 9.71. The summed E-state index contributed by atoms with van der Waals surface area (Å²) in [5.41, 5.74) is 4.99. The van der Waals surface area contributed by atoms with Crippen LogP contribution in [0.15, 0.2) is 0 Å². The van der Waals surface area contributed by atoms with Gasteiger partial charge in [-0.3, -0.25) is 0 Å². The molecule has 0 amide bonds. The van der Waals surface area contributed by atoms with Gasteiger partial charge in [0, 0.05) is 5.41 Å². The molecule has 0 spiro atoms. The number of hydrogen-bond donors (Lipinski definition) is 4. The average molecular weight is 191 g/mol. The summed E-state index contributed by atoms with van der Waals surface area (Å²) in [4.78, 5) is 0. The van der Waals surface area contributed by atoms with Crippen LogP contribution < -0.4 is 5.73 Å². The lowest BCUT2D eigenvalue weighted by atomic mass is 9.75. The summed E-state index contributed by atoms with van der Waals surface area (Å²) >= 11 is 0. The molecule has 0 aromatic rings. The highest BCUT2D eigenvalue weighted by molar-refractivity contribution is 4.97. The lowest BCUT2D eigenvalue weighted by molar-refractivity contribution is -0.255. The normalized spacial score (nSPS) is 44.8. The SMILES string of the molecule is CC1(C)[C@H](N)C(O)O[C@H](CO)[C@H]1O. The molecule has 5 heteroatoms. The molecule has 5 N–H and O–H groups in total. The molecular formula is C8H17NO4. The Hall–Kier alpha value is -0.200. The standard InChI is InChI=1S/C8H17NO4/c1-8(2)5(9)7(12)13-4(3-10)6(8)11/h4-7,10-12H,3,9H2,1-2H3/t4-,5-,6-,7?/m1/s1. The molecule has 1 aliphatic heterocycles. The first-order chi connectivity index (χ1) is 5.91. The highest BCUT2D eigenvalue weighted by Crippen LogP contribution is 2.34. The van der Waals surface area contributed by atoms with Crippen LogP contribution in [0.3, 0.4) is 0 Å². The minimum absolute atomic E-state index is 0.325. The van der Waals surface area contributed by atoms with E-state index in [1.807, 2.05) is 0 Å². The first-order valence-electron chi connectivity index (χ1n) is 4.29. The number of hydrogen-bond acceptors (Lipinski definition) is 5. The molecule has 0 aliphatic carbocycles. The smallest absolute Gasteiger partial charge is 0.170 e. The van der Waals surface area contributed by atoms with Gasteiger partial charge in [-0.1, -0.05) is 13.8 Å². The quantitative estimate of drug-likeness (QED) is 0.401. The van der Waals surface area contributed by atoms with Crippen molar-refractivity contribution in [2.24, 2.45) is 11.1 Å². The van der Waals surface area contributed by atoms with Crippen LogP contribution in [0.2, 0.25) is 0 Å². The zero-order valence-corrected chi connectivity index (χ0v) is 7.84. The van der Waals surface area contributed by atoms with Gasteiger partial charge in [0.15, 0.2) is 6.29 Å². The van der Waals surface area contributed by atoms with E-state index >= 15 is 0 Å². The molecule has 0 aromatic carbocycles. The molecule has 1 fully saturated rings. The van der Waals surface area contributed by atoms with Crippen LogP contribution in [0.4, 0.5) is 0 Å². The molecule has 1 saturated heterocycles. The maximum Gasteiger partial charge on any atom is 0.170 e. The van der Waals surface area contributed by atoms with Crippen LogP contribution in [0.1, 0.15) is 13.8 Å². The molecule has 1 rings (SSSR count). The molecular weight excluding hydrogens is 174 g/mol. The molecule has 4 atom stereocenters. The van der Waals surface area contributed by atoms with Crippen LogP contribution in [0.5, 0.6) is 0 Å². The van der Waals surface area contributed by atoms with E-state index in [9.17, 15) is 10.2 Å². The van der Waals surface area contributed by atoms with Crippen molar-refractivity contribution in [3.63, 3.8) is 0 Å². The minimum Gasteiger partial charge on any atom is -0.394 e. The van der Waals surface area contributed by atoms with E-state index in [-0.39, 0.29) is 6.61 Å². The van der Waals surface area contributed by atoms with Crippen LogP contribution in [0.25, 0.3) is 0 Å². The molecule has 1 heterocycles. The number of nitrogens with two attached hydrogens (primary N) is 1. The van der Waals surface area contributed by atoms with Crippen molar-refractivity contribution in [1.29, 1.82) is 0 Å². The summed E-state index contributed by atoms with van der Waals surface area (Å²) in [6.45, 7) is 3.14. The van der Waals surface area contributed by atoms with Gasteiger partial charge >= 0.3 is 0 Å². The van der Waals surface area contributed by atoms with Gasteiger partial charge in [-0.25, -0.2) is 0 Å². The average Bonchev–Trinajstić information content (AvgIpc) is 2.09. The molecule has 5 nitrogen and oxygen atoms in total. The summed E-state index contributed by atoms with van der Waals surface area (Å²) in [6.07, 6.45) is -2.75. The Bertz CT molecular complexity index is 185. The van der Waals surface area contributed by atoms with Gasteiger partial charge in [0.25, 0.3) is 0 Å². The summed E-state index contributed by atoms with van der Waals surface area (Å²) in [5.74, 6) is 0. The van der Waals surface area contributed by atoms with Crippen molar-refractivity contribution in [1.82, 2.24) is 0 Å². The van der Waals surface area contributed by atoms with E-state index < -0.39 is 30.0 Å². The fraction of sp³-hybridized carbons (Fsp3) is 1.00. The largest absolute Gasteiger partial charge is 0.394 e. The Morgan fingerprint density at radius 1 is 1.38 bits per heavy atom. The monoisotopic (exact) mass is 191 g/mol. The predicted molar refractivity (Wildman–Crippen MR) is 45.7 cm³/mol. The third kappa shape index (κ3) is 1.70. The van der Waals surface area contributed by atoms with Gasteiger partial charge in [0.05, 0.1) is 18.8 Å². The number of rotatable bonds is 1. The van der Waals surface area contributed by atoms with Crippen molar-refractivity contribution in [2.75, 3.05) is 6.61 Å². The van der Waals surface area contributed by atoms with Gasteiger partial charge in [-0.2, -0.15) is 0 Å². The zero-order chi connectivity index (χ0) is 10.2. The number of aliphatic hydroxyl groups is 3. The topological polar surface area (TPSA) is 95.9 Å². The van der Waals surface area contributed by atoms with Crippen molar-refractivity contribution in [2.45, 2.75) is 38.4 Å². The molecule has 0 aromatic heterocycles. The van der Waals surface area contributed by atoms with Gasteiger partial charge < -0.3 is 25.8 Å². The van der Waals surface area contributed by atoms with Crippen molar-refractivity contribution >= 4 is 0 Å². The maximum atomic E-state index is 9.71. The summed E-state index contributed by atoms with van der Waals surface area (Å²) in [7, 11) is 0. The Balaban J connectivity index is 2.82. The summed E-state index contributed by atoms with van der Waals surface area (Å²) < 4.78 is 4.93. The molecule has 78 valence electrons. The molecule has 0 bridgehead atoms. The zero-order valence-electron chi connectivity index (χ0n) is 7.84. The summed E-state index contributed by atoms with van der Waals surface area (Å²) in [5, 5.41) is 27.9. The molecule has 13 heavy (non-hydrogen) atoms. The first kappa shape index (κ1) is 10.9. The van der Waals surface area contributed by atoms with Crippen LogP contribution in [-0.4, -0.2) is 46.5 Å². The van der Waals surface area contributed by atoms with Gasteiger partial charge in [0.2, 0.25) is 0 Å². The van der Waals surface area contributed by atoms with Gasteiger partial charge in [0.1, 0.15) is 6.10 Å². The molecule has 1 aliphatic rings. The van der Waals surface area contributed by atoms with E-state index in [1.165, 1.54) is 0 Å². The van der Waals surface area contributed by atoms with E-state index in [2.05, 4.69) is 0 Å². The van der Waals surface area contributed by atoms with Gasteiger partial charge in [-0.05, 0) is 0 Å². The number of aliphatic hydroxyl groups excluding tert-OH is 3. The fourth-order valence-corrected chi connectivity index (χ4v) is 1.52. The highest BCUT2D eigenvalue weighted by Gasteiger charge is 2.48. The lowest BCUT2D eigenvalue weighted by Gasteiger charge is -2.46. The third-order valence-electron chi connectivity index (χ3n) is 2.77. The van der Waals surface area contributed by atoms with Crippen LogP contribution >= 0.6 is 0 Å². The molecule has 1 unspecified atom stereocenters. The van der Waals surface area contributed by atoms with Crippen LogP contribution in [0, 0.1) is 5.41 Å². The lowest BCUT2D eigenvalue weighted by Crippen LogP contribution is -2.63. The second kappa shape index (κ2) is 3.51. The Labute approximate surface area is 77.1 Å². The molecule has 0 saturated carbocycles. The van der Waals surface area contributed by atoms with E-state index in [1.54, 1.807) is 13.8 Å². The van der Waals surface area contributed by atoms with Crippen molar-refractivity contribution in [3.8, 4) is 0 Å². The van der Waals surface area contributed by atoms with Crippen LogP contribution in [-0.2, 0) is 4.74 Å². The third-order valence-corrected chi connectivity index (χ3v) is 2.77. The van der Waals surface area contributed by atoms with E-state index in [4.69, 9.17) is 15.6 Å². The van der Waals surface area contributed by atoms with E-state index in [0.29, 0.717) is 0 Å². The molecule has 0 radical (unpaired) electrons. The number of ether oxygens (including phenoxy) is 1. The second-order valence-electron chi connectivity index (χ2n) is 4.04. The minimum atomic E-state index is -1.13. The summed E-state index contributed by atoms with van der Waals surface area (Å²) in [6, 6.07) is -0.648. The second-order valence-corrected chi connectivity index (χ2v) is 4.04. The van der Waals surface area contributed by atoms with Crippen molar-refractivity contribution < 1.29 is 20.1 Å².